The second-order valence-corrected chi connectivity index (χ2v) is 9.43. The van der Waals surface area contributed by atoms with Crippen LogP contribution in [0, 0.1) is 24.1 Å². The summed E-state index contributed by atoms with van der Waals surface area (Å²) < 4.78 is 21.0. The third-order valence-electron chi connectivity index (χ3n) is 6.27. The molecule has 180 valence electrons. The first-order valence-corrected chi connectivity index (χ1v) is 12.1. The van der Waals surface area contributed by atoms with Gasteiger partial charge in [-0.15, -0.1) is 0 Å². The molecule has 3 aromatic rings. The van der Waals surface area contributed by atoms with Gasteiger partial charge in [-0.05, 0) is 60.5 Å². The first kappa shape index (κ1) is 23.7. The van der Waals surface area contributed by atoms with Crippen molar-refractivity contribution in [2.45, 2.75) is 6.92 Å². The number of aromatic nitrogens is 1. The molecular weight excluding hydrogens is 527 g/mol. The maximum atomic E-state index is 14.7. The molecule has 1 fully saturated rings. The van der Waals surface area contributed by atoms with E-state index < -0.39 is 17.7 Å². The number of esters is 1. The highest BCUT2D eigenvalue weighted by molar-refractivity contribution is 9.10. The first-order valence-electron chi connectivity index (χ1n) is 11.3. The van der Waals surface area contributed by atoms with Crippen LogP contribution in [0.1, 0.15) is 43.0 Å². The fraction of sp³-hybridized carbons (Fsp3) is 0.185. The molecule has 3 heterocycles. The minimum atomic E-state index is -0.611. The van der Waals surface area contributed by atoms with Gasteiger partial charge in [0, 0.05) is 42.4 Å². The summed E-state index contributed by atoms with van der Waals surface area (Å²) in [6.45, 7) is 3.78. The number of aryl methyl sites for hydroxylation is 1. The summed E-state index contributed by atoms with van der Waals surface area (Å²) in [6, 6.07) is 13.4. The van der Waals surface area contributed by atoms with E-state index in [-0.39, 0.29) is 5.56 Å². The van der Waals surface area contributed by atoms with Crippen molar-refractivity contribution in [2.24, 2.45) is 0 Å². The van der Waals surface area contributed by atoms with Gasteiger partial charge in [0.2, 0.25) is 0 Å². The summed E-state index contributed by atoms with van der Waals surface area (Å²) in [6.07, 6.45) is 3.15. The normalized spacial score (nSPS) is 16.1. The Labute approximate surface area is 215 Å². The maximum Gasteiger partial charge on any atom is 0.344 e. The quantitative estimate of drug-likeness (QED) is 0.439. The van der Waals surface area contributed by atoms with Crippen molar-refractivity contribution in [3.05, 3.63) is 92.3 Å². The summed E-state index contributed by atoms with van der Waals surface area (Å²) >= 11 is 3.48. The van der Waals surface area contributed by atoms with Gasteiger partial charge in [-0.25, -0.2) is 14.2 Å². The number of carbonyl (C=O) groups is 2. The molecule has 7 nitrogen and oxygen atoms in total. The highest BCUT2D eigenvalue weighted by atomic mass is 79.9. The molecule has 9 heteroatoms. The SMILES string of the molecule is Cc1cc2c(cc1Br)/C(=C/c1ccc(F)c(C(=O)N3CCN(c4ccc(C#N)cn4)CC3)c1)OC2=O. The standard InChI is InChI=1S/C27H20BrFN4O3/c1-16-10-20-19(13-22(16)28)24(36-27(20)35)12-17-2-4-23(29)21(11-17)26(34)33-8-6-32(7-9-33)25-5-3-18(14-30)15-31-25/h2-5,10-13,15H,6-9H2,1H3/b24-12-. The van der Waals surface area contributed by atoms with Crippen molar-refractivity contribution in [3.8, 4) is 6.07 Å². The van der Waals surface area contributed by atoms with Gasteiger partial charge in [0.25, 0.3) is 5.91 Å². The van der Waals surface area contributed by atoms with Crippen molar-refractivity contribution >= 4 is 45.5 Å². The smallest absolute Gasteiger partial charge is 0.344 e. The second-order valence-electron chi connectivity index (χ2n) is 8.58. The monoisotopic (exact) mass is 546 g/mol. The molecule has 0 aliphatic carbocycles. The van der Waals surface area contributed by atoms with Gasteiger partial charge in [0.05, 0.1) is 16.7 Å². The number of halogens is 2. The number of amides is 1. The average Bonchev–Trinajstić information content (AvgIpc) is 3.18. The summed E-state index contributed by atoms with van der Waals surface area (Å²) in [5, 5.41) is 8.93. The number of hydrogen-bond donors (Lipinski definition) is 0. The highest BCUT2D eigenvalue weighted by Gasteiger charge is 2.28. The van der Waals surface area contributed by atoms with E-state index in [1.807, 2.05) is 24.0 Å². The van der Waals surface area contributed by atoms with Crippen molar-refractivity contribution in [2.75, 3.05) is 31.1 Å². The van der Waals surface area contributed by atoms with E-state index >= 15 is 0 Å². The van der Waals surface area contributed by atoms with Gasteiger partial charge in [-0.1, -0.05) is 22.0 Å². The lowest BCUT2D eigenvalue weighted by molar-refractivity contribution is 0.0714. The van der Waals surface area contributed by atoms with E-state index in [1.54, 1.807) is 35.2 Å². The fourth-order valence-corrected chi connectivity index (χ4v) is 4.61. The molecule has 2 aliphatic rings. The predicted octanol–water partition coefficient (Wildman–Crippen LogP) is 4.79. The number of pyridine rings is 1. The molecule has 2 aromatic carbocycles. The first-order chi connectivity index (χ1) is 17.3. The molecule has 1 amide bonds. The van der Waals surface area contributed by atoms with Crippen molar-refractivity contribution < 1.29 is 18.7 Å². The molecule has 36 heavy (non-hydrogen) atoms. The Hall–Kier alpha value is -4.03. The minimum absolute atomic E-state index is 0.0380. The Bertz CT molecular complexity index is 1460. The molecule has 0 bridgehead atoms. The number of carbonyl (C=O) groups excluding carboxylic acids is 2. The Morgan fingerprint density at radius 2 is 1.92 bits per heavy atom. The van der Waals surface area contributed by atoms with Crippen molar-refractivity contribution in [1.29, 1.82) is 5.26 Å². The third kappa shape index (κ3) is 4.48. The zero-order valence-electron chi connectivity index (χ0n) is 19.3. The highest BCUT2D eigenvalue weighted by Crippen LogP contribution is 2.35. The number of nitriles is 1. The lowest BCUT2D eigenvalue weighted by Gasteiger charge is -2.35. The van der Waals surface area contributed by atoms with Gasteiger partial charge >= 0.3 is 5.97 Å². The molecule has 0 spiro atoms. The largest absolute Gasteiger partial charge is 0.422 e. The summed E-state index contributed by atoms with van der Waals surface area (Å²) in [4.78, 5) is 33.4. The van der Waals surface area contributed by atoms with Gasteiger partial charge in [0.1, 0.15) is 23.5 Å². The van der Waals surface area contributed by atoms with E-state index in [1.165, 1.54) is 18.3 Å². The third-order valence-corrected chi connectivity index (χ3v) is 7.13. The van der Waals surface area contributed by atoms with Crippen LogP contribution in [0.3, 0.4) is 0 Å². The number of piperazine rings is 1. The fourth-order valence-electron chi connectivity index (χ4n) is 4.27. The molecule has 0 N–H and O–H groups in total. The van der Waals surface area contributed by atoms with E-state index in [2.05, 4.69) is 20.9 Å². The zero-order valence-corrected chi connectivity index (χ0v) is 20.9. The van der Waals surface area contributed by atoms with Gasteiger partial charge in [0.15, 0.2) is 0 Å². The minimum Gasteiger partial charge on any atom is -0.422 e. The maximum absolute atomic E-state index is 14.7. The van der Waals surface area contributed by atoms with Crippen molar-refractivity contribution in [1.82, 2.24) is 9.88 Å². The molecule has 0 saturated carbocycles. The molecule has 1 aromatic heterocycles. The number of nitrogens with zero attached hydrogens (tertiary/aromatic N) is 4. The van der Waals surface area contributed by atoms with E-state index in [4.69, 9.17) is 10.00 Å². The van der Waals surface area contributed by atoms with Gasteiger partial charge < -0.3 is 14.5 Å². The number of cyclic esters (lactones) is 1. The number of anilines is 1. The Morgan fingerprint density at radius 3 is 2.61 bits per heavy atom. The Morgan fingerprint density at radius 1 is 1.14 bits per heavy atom. The van der Waals surface area contributed by atoms with Crippen LogP contribution in [0.5, 0.6) is 0 Å². The molecule has 0 atom stereocenters. The summed E-state index contributed by atoms with van der Waals surface area (Å²) in [7, 11) is 0. The Kier molecular flexibility index (Phi) is 6.29. The summed E-state index contributed by atoms with van der Waals surface area (Å²) in [5.41, 5.74) is 3.02. The number of fused-ring (bicyclic) bond motifs is 1. The molecule has 2 aliphatic heterocycles. The number of benzene rings is 2. The van der Waals surface area contributed by atoms with Crippen LogP contribution in [-0.2, 0) is 4.74 Å². The predicted molar refractivity (Wildman–Crippen MR) is 136 cm³/mol. The summed E-state index contributed by atoms with van der Waals surface area (Å²) in [5.74, 6) is -0.374. The molecular formula is C27H20BrFN4O3. The molecule has 1 saturated heterocycles. The average molecular weight is 547 g/mol. The van der Waals surface area contributed by atoms with Crippen LogP contribution in [0.2, 0.25) is 0 Å². The van der Waals surface area contributed by atoms with Crippen LogP contribution in [0.25, 0.3) is 11.8 Å². The molecule has 5 rings (SSSR count). The lowest BCUT2D eigenvalue weighted by Crippen LogP contribution is -2.49. The van der Waals surface area contributed by atoms with E-state index in [0.29, 0.717) is 54.2 Å². The van der Waals surface area contributed by atoms with Gasteiger partial charge in [-0.2, -0.15) is 5.26 Å². The zero-order chi connectivity index (χ0) is 25.4. The topological polar surface area (TPSA) is 86.5 Å². The van der Waals surface area contributed by atoms with Crippen molar-refractivity contribution in [3.63, 3.8) is 0 Å². The van der Waals surface area contributed by atoms with E-state index in [9.17, 15) is 14.0 Å². The number of hydrogen-bond acceptors (Lipinski definition) is 6. The lowest BCUT2D eigenvalue weighted by atomic mass is 10.0. The number of rotatable bonds is 3. The van der Waals surface area contributed by atoms with Gasteiger partial charge in [-0.3, -0.25) is 4.79 Å². The van der Waals surface area contributed by atoms with Crippen LogP contribution >= 0.6 is 15.9 Å². The number of ether oxygens (including phenoxy) is 1. The van der Waals surface area contributed by atoms with Crippen LogP contribution < -0.4 is 4.90 Å². The van der Waals surface area contributed by atoms with Crippen LogP contribution in [0.15, 0.2) is 53.1 Å². The molecule has 0 unspecified atom stereocenters. The Balaban J connectivity index is 1.34. The van der Waals surface area contributed by atoms with Crippen LogP contribution in [-0.4, -0.2) is 47.9 Å². The molecule has 0 radical (unpaired) electrons. The van der Waals surface area contributed by atoms with Crippen LogP contribution in [0.4, 0.5) is 10.2 Å². The van der Waals surface area contributed by atoms with E-state index in [0.717, 1.165) is 15.9 Å². The second kappa shape index (κ2) is 9.55.